The van der Waals surface area contributed by atoms with Gasteiger partial charge in [0, 0.05) is 37.1 Å². The van der Waals surface area contributed by atoms with Crippen molar-refractivity contribution in [2.24, 2.45) is 0 Å². The van der Waals surface area contributed by atoms with E-state index < -0.39 is 0 Å². The molecule has 5 rings (SSSR count). The van der Waals surface area contributed by atoms with Crippen LogP contribution in [0, 0.1) is 0 Å². The fraction of sp³-hybridized carbons (Fsp3) is 0.429. The molecule has 0 bridgehead atoms. The molecule has 3 aliphatic rings. The predicted octanol–water partition coefficient (Wildman–Crippen LogP) is 4.14. The Morgan fingerprint density at radius 3 is 2.40 bits per heavy atom. The van der Waals surface area contributed by atoms with E-state index >= 15 is 0 Å². The molecule has 4 nitrogen and oxygen atoms in total. The quantitative estimate of drug-likeness (QED) is 0.824. The van der Waals surface area contributed by atoms with Gasteiger partial charge >= 0.3 is 0 Å². The van der Waals surface area contributed by atoms with Crippen LogP contribution in [0.1, 0.15) is 42.7 Å². The van der Waals surface area contributed by atoms with E-state index in [-0.39, 0.29) is 6.23 Å². The average molecular weight is 337 g/mol. The first-order chi connectivity index (χ1) is 12.4. The molecule has 0 unspecified atom stereocenters. The van der Waals surface area contributed by atoms with Crippen molar-refractivity contribution in [2.45, 2.75) is 37.8 Å². The first-order valence-corrected chi connectivity index (χ1v) is 9.28. The van der Waals surface area contributed by atoms with Crippen LogP contribution >= 0.6 is 0 Å². The molecule has 0 aromatic heterocycles. The molecule has 2 aromatic carbocycles. The molecule has 3 aliphatic heterocycles. The predicted molar refractivity (Wildman–Crippen MR) is 95.3 cm³/mol. The van der Waals surface area contributed by atoms with E-state index in [4.69, 9.17) is 14.2 Å². The van der Waals surface area contributed by atoms with Crippen molar-refractivity contribution < 1.29 is 14.2 Å². The standard InChI is InChI=1S/C21H23NO3/c1-3-7-15(8-4-1)16-12-21(22-9-5-2-6-10-22)25-18-13-20-19(11-17(16)18)23-14-24-20/h1,3-4,7-8,11,13,16,21H,2,5-6,9-10,12,14H2/t16-,21-/m1/s1. The molecule has 3 heterocycles. The zero-order valence-corrected chi connectivity index (χ0v) is 14.3. The van der Waals surface area contributed by atoms with Crippen LogP contribution in [0.15, 0.2) is 42.5 Å². The van der Waals surface area contributed by atoms with Gasteiger partial charge in [-0.25, -0.2) is 0 Å². The first-order valence-electron chi connectivity index (χ1n) is 9.28. The van der Waals surface area contributed by atoms with Gasteiger partial charge in [-0.05, 0) is 24.5 Å². The van der Waals surface area contributed by atoms with Crippen molar-refractivity contribution in [3.63, 3.8) is 0 Å². The number of ether oxygens (including phenoxy) is 3. The Kier molecular flexibility index (Phi) is 3.78. The molecule has 0 saturated carbocycles. The van der Waals surface area contributed by atoms with Gasteiger partial charge < -0.3 is 14.2 Å². The third-order valence-electron chi connectivity index (χ3n) is 5.58. The average Bonchev–Trinajstić information content (AvgIpc) is 3.14. The lowest BCUT2D eigenvalue weighted by Gasteiger charge is -2.40. The number of hydrogen-bond acceptors (Lipinski definition) is 4. The summed E-state index contributed by atoms with van der Waals surface area (Å²) in [4.78, 5) is 2.51. The Balaban J connectivity index is 1.55. The van der Waals surface area contributed by atoms with Crippen molar-refractivity contribution in [3.05, 3.63) is 53.6 Å². The Hall–Kier alpha value is -2.20. The lowest BCUT2D eigenvalue weighted by Crippen LogP contribution is -2.45. The van der Waals surface area contributed by atoms with Crippen LogP contribution in [0.3, 0.4) is 0 Å². The maximum Gasteiger partial charge on any atom is 0.231 e. The summed E-state index contributed by atoms with van der Waals surface area (Å²) in [7, 11) is 0. The van der Waals surface area contributed by atoms with Crippen molar-refractivity contribution in [1.82, 2.24) is 4.90 Å². The van der Waals surface area contributed by atoms with E-state index in [9.17, 15) is 0 Å². The van der Waals surface area contributed by atoms with Crippen LogP contribution in [0.2, 0.25) is 0 Å². The molecule has 0 amide bonds. The highest BCUT2D eigenvalue weighted by molar-refractivity contribution is 5.55. The molecule has 4 heteroatoms. The maximum atomic E-state index is 6.44. The van der Waals surface area contributed by atoms with Gasteiger partial charge in [0.1, 0.15) is 5.75 Å². The first kappa shape index (κ1) is 15.1. The molecular formula is C21H23NO3. The SMILES string of the molecule is c1ccc([C@H]2C[C@H](N3CCCCC3)Oc3cc4c(cc32)OCO4)cc1. The Morgan fingerprint density at radius 2 is 1.60 bits per heavy atom. The van der Waals surface area contributed by atoms with Crippen LogP contribution in [-0.4, -0.2) is 31.0 Å². The van der Waals surface area contributed by atoms with E-state index in [2.05, 4.69) is 41.3 Å². The highest BCUT2D eigenvalue weighted by atomic mass is 16.7. The zero-order chi connectivity index (χ0) is 16.6. The monoisotopic (exact) mass is 337 g/mol. The number of nitrogens with zero attached hydrogens (tertiary/aromatic N) is 1. The van der Waals surface area contributed by atoms with E-state index in [0.717, 1.165) is 36.8 Å². The molecule has 0 radical (unpaired) electrons. The summed E-state index contributed by atoms with van der Waals surface area (Å²) in [5.41, 5.74) is 2.55. The Labute approximate surface area is 148 Å². The molecular weight excluding hydrogens is 314 g/mol. The van der Waals surface area contributed by atoms with Crippen molar-refractivity contribution in [1.29, 1.82) is 0 Å². The van der Waals surface area contributed by atoms with Gasteiger partial charge in [-0.3, -0.25) is 4.90 Å². The second-order valence-corrected chi connectivity index (χ2v) is 7.11. The fourth-order valence-electron chi connectivity index (χ4n) is 4.27. The number of hydrogen-bond donors (Lipinski definition) is 0. The fourth-order valence-corrected chi connectivity index (χ4v) is 4.27. The van der Waals surface area contributed by atoms with Crippen LogP contribution in [0.5, 0.6) is 17.2 Å². The minimum absolute atomic E-state index is 0.137. The maximum absolute atomic E-state index is 6.44. The lowest BCUT2D eigenvalue weighted by atomic mass is 9.85. The third kappa shape index (κ3) is 2.74. The molecule has 2 aromatic rings. The molecule has 0 spiro atoms. The van der Waals surface area contributed by atoms with Crippen molar-refractivity contribution >= 4 is 0 Å². The number of benzene rings is 2. The van der Waals surface area contributed by atoms with Gasteiger partial charge in [-0.15, -0.1) is 0 Å². The van der Waals surface area contributed by atoms with E-state index in [0.29, 0.717) is 12.7 Å². The second kappa shape index (κ2) is 6.26. The number of piperidine rings is 1. The van der Waals surface area contributed by atoms with E-state index in [1.807, 2.05) is 6.07 Å². The normalized spacial score (nSPS) is 25.3. The van der Waals surface area contributed by atoms with E-state index in [1.165, 1.54) is 30.4 Å². The number of fused-ring (bicyclic) bond motifs is 2. The molecule has 0 N–H and O–H groups in total. The summed E-state index contributed by atoms with van der Waals surface area (Å²) in [5, 5.41) is 0. The van der Waals surface area contributed by atoms with Gasteiger partial charge in [-0.2, -0.15) is 0 Å². The van der Waals surface area contributed by atoms with E-state index in [1.54, 1.807) is 0 Å². The second-order valence-electron chi connectivity index (χ2n) is 7.11. The van der Waals surface area contributed by atoms with Crippen LogP contribution in [-0.2, 0) is 0 Å². The van der Waals surface area contributed by atoms with Gasteiger partial charge in [0.05, 0.1) is 0 Å². The third-order valence-corrected chi connectivity index (χ3v) is 5.58. The van der Waals surface area contributed by atoms with Crippen LogP contribution < -0.4 is 14.2 Å². The molecule has 1 saturated heterocycles. The van der Waals surface area contributed by atoms with Crippen LogP contribution in [0.25, 0.3) is 0 Å². The molecule has 1 fully saturated rings. The van der Waals surface area contributed by atoms with Crippen molar-refractivity contribution in [3.8, 4) is 17.2 Å². The molecule has 2 atom stereocenters. The topological polar surface area (TPSA) is 30.9 Å². The highest BCUT2D eigenvalue weighted by Gasteiger charge is 2.35. The smallest absolute Gasteiger partial charge is 0.231 e. The van der Waals surface area contributed by atoms with Gasteiger partial charge in [-0.1, -0.05) is 36.8 Å². The summed E-state index contributed by atoms with van der Waals surface area (Å²) in [6.45, 7) is 2.56. The molecule has 25 heavy (non-hydrogen) atoms. The Bertz CT molecular complexity index is 755. The van der Waals surface area contributed by atoms with Gasteiger partial charge in [0.15, 0.2) is 17.7 Å². The van der Waals surface area contributed by atoms with Gasteiger partial charge in [0.2, 0.25) is 6.79 Å². The minimum Gasteiger partial charge on any atom is -0.475 e. The highest BCUT2D eigenvalue weighted by Crippen LogP contribution is 2.47. The summed E-state index contributed by atoms with van der Waals surface area (Å²) in [6.07, 6.45) is 4.99. The number of likely N-dealkylation sites (tertiary alicyclic amines) is 1. The summed E-state index contributed by atoms with van der Waals surface area (Å²) >= 11 is 0. The molecule has 130 valence electrons. The largest absolute Gasteiger partial charge is 0.475 e. The minimum atomic E-state index is 0.137. The summed E-state index contributed by atoms with van der Waals surface area (Å²) < 4.78 is 17.6. The summed E-state index contributed by atoms with van der Waals surface area (Å²) in [6, 6.07) is 14.9. The number of rotatable bonds is 2. The molecule has 0 aliphatic carbocycles. The van der Waals surface area contributed by atoms with Crippen molar-refractivity contribution in [2.75, 3.05) is 19.9 Å². The van der Waals surface area contributed by atoms with Gasteiger partial charge in [0.25, 0.3) is 0 Å². The van der Waals surface area contributed by atoms with Crippen LogP contribution in [0.4, 0.5) is 0 Å². The lowest BCUT2D eigenvalue weighted by molar-refractivity contribution is -0.00600. The zero-order valence-electron chi connectivity index (χ0n) is 14.3. The summed E-state index contributed by atoms with van der Waals surface area (Å²) in [5.74, 6) is 2.90. The Morgan fingerprint density at radius 1 is 0.840 bits per heavy atom.